The largest absolute Gasteiger partial charge is 0.321 e. The number of hydrogen-bond acceptors (Lipinski definition) is 2. The van der Waals surface area contributed by atoms with E-state index in [0.29, 0.717) is 5.57 Å². The molecule has 0 radical (unpaired) electrons. The van der Waals surface area contributed by atoms with Gasteiger partial charge in [-0.1, -0.05) is 40.2 Å². The predicted molar refractivity (Wildman–Crippen MR) is 92.4 cm³/mol. The fourth-order valence-electron chi connectivity index (χ4n) is 2.61. The first-order valence-electron chi connectivity index (χ1n) is 6.89. The van der Waals surface area contributed by atoms with Gasteiger partial charge in [-0.2, -0.15) is 0 Å². The molecule has 0 fully saturated rings. The molecular weight excluding hydrogens is 340 g/mol. The van der Waals surface area contributed by atoms with Gasteiger partial charge < -0.3 is 5.32 Å². The van der Waals surface area contributed by atoms with Crippen LogP contribution in [0.3, 0.4) is 0 Å². The lowest BCUT2D eigenvalue weighted by atomic mass is 10.1. The van der Waals surface area contributed by atoms with E-state index in [1.807, 2.05) is 60.7 Å². The zero-order valence-corrected chi connectivity index (χ0v) is 13.1. The van der Waals surface area contributed by atoms with Gasteiger partial charge >= 0.3 is 0 Å². The Morgan fingerprint density at radius 2 is 1.91 bits per heavy atom. The Morgan fingerprint density at radius 3 is 2.82 bits per heavy atom. The minimum Gasteiger partial charge on any atom is -0.321 e. The summed E-state index contributed by atoms with van der Waals surface area (Å²) in [6.07, 6.45) is 1.83. The number of anilines is 1. The molecule has 1 N–H and O–H groups in total. The molecule has 1 aromatic heterocycles. The van der Waals surface area contributed by atoms with Gasteiger partial charge in [0.25, 0.3) is 5.91 Å². The van der Waals surface area contributed by atoms with Crippen LogP contribution < -0.4 is 5.32 Å². The summed E-state index contributed by atoms with van der Waals surface area (Å²) in [4.78, 5) is 16.8. The summed E-state index contributed by atoms with van der Waals surface area (Å²) in [5, 5.41) is 3.96. The number of nitrogens with one attached hydrogen (secondary N) is 1. The third-order valence-electron chi connectivity index (χ3n) is 3.68. The van der Waals surface area contributed by atoms with E-state index in [-0.39, 0.29) is 5.91 Å². The average Bonchev–Trinajstić information content (AvgIpc) is 2.83. The number of benzene rings is 2. The minimum absolute atomic E-state index is 0.0944. The van der Waals surface area contributed by atoms with Crippen molar-refractivity contribution in [1.29, 1.82) is 0 Å². The number of para-hydroxylation sites is 1. The quantitative estimate of drug-likeness (QED) is 0.657. The maximum atomic E-state index is 12.2. The Labute approximate surface area is 135 Å². The number of carbonyl (C=O) groups excluding carboxylic acids is 1. The number of carbonyl (C=O) groups is 1. The van der Waals surface area contributed by atoms with E-state index in [0.717, 1.165) is 32.3 Å². The minimum atomic E-state index is -0.0944. The van der Waals surface area contributed by atoms with E-state index in [9.17, 15) is 4.79 Å². The molecule has 4 heteroatoms. The standard InChI is InChI=1S/C18H11BrN2O/c19-12-6-8-17-14(9-12)15(18(22)21-17)10-13-7-5-11-3-1-2-4-16(11)20-13/h1-10H,(H,21,22)/b15-10+. The second kappa shape index (κ2) is 5.07. The van der Waals surface area contributed by atoms with Crippen LogP contribution in [0.2, 0.25) is 0 Å². The Bertz CT molecular complexity index is 947. The highest BCUT2D eigenvalue weighted by Crippen LogP contribution is 2.34. The second-order valence-electron chi connectivity index (χ2n) is 5.13. The number of halogens is 1. The van der Waals surface area contributed by atoms with Gasteiger partial charge in [-0.3, -0.25) is 4.79 Å². The highest BCUT2D eigenvalue weighted by molar-refractivity contribution is 9.10. The number of hydrogen-bond donors (Lipinski definition) is 1. The molecule has 2 aromatic carbocycles. The van der Waals surface area contributed by atoms with Crippen LogP contribution in [0.5, 0.6) is 0 Å². The second-order valence-corrected chi connectivity index (χ2v) is 6.05. The Morgan fingerprint density at radius 1 is 1.05 bits per heavy atom. The first kappa shape index (κ1) is 13.2. The van der Waals surface area contributed by atoms with Gasteiger partial charge in [0.2, 0.25) is 0 Å². The Kier molecular flexibility index (Phi) is 3.05. The zero-order valence-electron chi connectivity index (χ0n) is 11.5. The average molecular weight is 351 g/mol. The number of fused-ring (bicyclic) bond motifs is 2. The molecule has 0 saturated heterocycles. The van der Waals surface area contributed by atoms with E-state index >= 15 is 0 Å². The van der Waals surface area contributed by atoms with Crippen molar-refractivity contribution in [3.63, 3.8) is 0 Å². The summed E-state index contributed by atoms with van der Waals surface area (Å²) in [5.74, 6) is -0.0944. The van der Waals surface area contributed by atoms with E-state index < -0.39 is 0 Å². The molecule has 1 amide bonds. The molecule has 0 atom stereocenters. The molecule has 2 heterocycles. The molecule has 4 rings (SSSR count). The number of pyridine rings is 1. The van der Waals surface area contributed by atoms with Gasteiger partial charge in [0.05, 0.1) is 16.8 Å². The normalized spacial score (nSPS) is 15.1. The number of amides is 1. The van der Waals surface area contributed by atoms with Crippen LogP contribution in [0.25, 0.3) is 22.6 Å². The summed E-state index contributed by atoms with van der Waals surface area (Å²) in [7, 11) is 0. The van der Waals surface area contributed by atoms with Crippen LogP contribution in [0.15, 0.2) is 59.1 Å². The molecule has 3 aromatic rings. The number of nitrogens with zero attached hydrogens (tertiary/aromatic N) is 1. The maximum absolute atomic E-state index is 12.2. The fraction of sp³-hybridized carbons (Fsp3) is 0. The first-order valence-corrected chi connectivity index (χ1v) is 7.69. The van der Waals surface area contributed by atoms with E-state index in [2.05, 4.69) is 26.2 Å². The van der Waals surface area contributed by atoms with Crippen molar-refractivity contribution in [3.8, 4) is 0 Å². The molecule has 0 spiro atoms. The molecule has 106 valence electrons. The summed E-state index contributed by atoms with van der Waals surface area (Å²) in [6, 6.07) is 17.6. The molecule has 0 saturated carbocycles. The third-order valence-corrected chi connectivity index (χ3v) is 4.17. The molecular formula is C18H11BrN2O. The van der Waals surface area contributed by atoms with Gasteiger partial charge in [0.15, 0.2) is 0 Å². The van der Waals surface area contributed by atoms with Crippen LogP contribution in [0.4, 0.5) is 5.69 Å². The highest BCUT2D eigenvalue weighted by atomic mass is 79.9. The van der Waals surface area contributed by atoms with E-state index in [1.165, 1.54) is 0 Å². The molecule has 0 aliphatic carbocycles. The van der Waals surface area contributed by atoms with Crippen LogP contribution in [-0.4, -0.2) is 10.9 Å². The summed E-state index contributed by atoms with van der Waals surface area (Å²) < 4.78 is 0.945. The van der Waals surface area contributed by atoms with Crippen LogP contribution >= 0.6 is 15.9 Å². The molecule has 22 heavy (non-hydrogen) atoms. The zero-order chi connectivity index (χ0) is 15.1. The number of aromatic nitrogens is 1. The summed E-state index contributed by atoms with van der Waals surface area (Å²) >= 11 is 3.45. The Balaban J connectivity index is 1.85. The molecule has 1 aliphatic rings. The van der Waals surface area contributed by atoms with Crippen molar-refractivity contribution < 1.29 is 4.79 Å². The van der Waals surface area contributed by atoms with Crippen molar-refractivity contribution in [1.82, 2.24) is 4.98 Å². The predicted octanol–water partition coefficient (Wildman–Crippen LogP) is 4.49. The van der Waals surface area contributed by atoms with Gasteiger partial charge in [-0.25, -0.2) is 4.98 Å². The van der Waals surface area contributed by atoms with Gasteiger partial charge in [0, 0.05) is 21.1 Å². The SMILES string of the molecule is O=C1Nc2ccc(Br)cc2/C1=C\c1ccc2ccccc2n1. The third kappa shape index (κ3) is 2.22. The fourth-order valence-corrected chi connectivity index (χ4v) is 2.97. The van der Waals surface area contributed by atoms with Gasteiger partial charge in [-0.15, -0.1) is 0 Å². The smallest absolute Gasteiger partial charge is 0.256 e. The van der Waals surface area contributed by atoms with Crippen LogP contribution in [0, 0.1) is 0 Å². The van der Waals surface area contributed by atoms with Crippen molar-refractivity contribution in [2.24, 2.45) is 0 Å². The van der Waals surface area contributed by atoms with Crippen LogP contribution in [0.1, 0.15) is 11.3 Å². The van der Waals surface area contributed by atoms with Gasteiger partial charge in [0.1, 0.15) is 0 Å². The van der Waals surface area contributed by atoms with Crippen molar-refractivity contribution in [2.75, 3.05) is 5.32 Å². The highest BCUT2D eigenvalue weighted by Gasteiger charge is 2.24. The lowest BCUT2D eigenvalue weighted by Crippen LogP contribution is -2.03. The van der Waals surface area contributed by atoms with E-state index in [4.69, 9.17) is 0 Å². The lowest BCUT2D eigenvalue weighted by molar-refractivity contribution is -0.110. The molecule has 0 bridgehead atoms. The maximum Gasteiger partial charge on any atom is 0.256 e. The van der Waals surface area contributed by atoms with Gasteiger partial charge in [-0.05, 0) is 36.4 Å². The summed E-state index contributed by atoms with van der Waals surface area (Å²) in [5.41, 5.74) is 4.06. The summed E-state index contributed by atoms with van der Waals surface area (Å²) in [6.45, 7) is 0. The van der Waals surface area contributed by atoms with Crippen molar-refractivity contribution >= 4 is 50.1 Å². The van der Waals surface area contributed by atoms with Crippen molar-refractivity contribution in [3.05, 3.63) is 70.3 Å². The molecule has 1 aliphatic heterocycles. The van der Waals surface area contributed by atoms with Crippen LogP contribution in [-0.2, 0) is 4.79 Å². The first-order chi connectivity index (χ1) is 10.7. The monoisotopic (exact) mass is 350 g/mol. The number of rotatable bonds is 1. The topological polar surface area (TPSA) is 42.0 Å². The van der Waals surface area contributed by atoms with Crippen molar-refractivity contribution in [2.45, 2.75) is 0 Å². The molecule has 3 nitrogen and oxygen atoms in total. The molecule has 0 unspecified atom stereocenters. The Hall–Kier alpha value is -2.46. The van der Waals surface area contributed by atoms with E-state index in [1.54, 1.807) is 0 Å². The lowest BCUT2D eigenvalue weighted by Gasteiger charge is -2.01.